The highest BCUT2D eigenvalue weighted by atomic mass is 79.9. The molecule has 3 heteroatoms. The molecular formula is C12H12BrNS. The second-order valence-electron chi connectivity index (χ2n) is 4.42. The summed E-state index contributed by atoms with van der Waals surface area (Å²) in [6, 6.07) is 6.33. The average molecular weight is 282 g/mol. The minimum absolute atomic E-state index is 0.233. The molecule has 0 unspecified atom stereocenters. The monoisotopic (exact) mass is 281 g/mol. The van der Waals surface area contributed by atoms with Crippen molar-refractivity contribution in [2.75, 3.05) is 5.75 Å². The Morgan fingerprint density at radius 3 is 2.87 bits per heavy atom. The lowest BCUT2D eigenvalue weighted by atomic mass is 9.81. The van der Waals surface area contributed by atoms with Crippen molar-refractivity contribution in [1.29, 1.82) is 5.26 Å². The van der Waals surface area contributed by atoms with Crippen LogP contribution in [0.25, 0.3) is 0 Å². The minimum atomic E-state index is 0.233. The summed E-state index contributed by atoms with van der Waals surface area (Å²) in [5.74, 6) is 1.15. The molecule has 1 aromatic carbocycles. The van der Waals surface area contributed by atoms with Crippen molar-refractivity contribution in [2.24, 2.45) is 0 Å². The summed E-state index contributed by atoms with van der Waals surface area (Å²) < 4.78 is 0.916. The SMILES string of the molecule is CC1(C)CCSc2cc(C#N)c(Br)cc21. The number of hydrogen-bond donors (Lipinski definition) is 0. The van der Waals surface area contributed by atoms with Crippen molar-refractivity contribution in [3.05, 3.63) is 27.7 Å². The fraction of sp³-hybridized carbons (Fsp3) is 0.417. The largest absolute Gasteiger partial charge is 0.192 e. The zero-order chi connectivity index (χ0) is 11.1. The van der Waals surface area contributed by atoms with Gasteiger partial charge in [0.15, 0.2) is 0 Å². The summed E-state index contributed by atoms with van der Waals surface area (Å²) in [6.07, 6.45) is 1.20. The first kappa shape index (κ1) is 11.0. The molecule has 1 aliphatic rings. The number of rotatable bonds is 0. The molecule has 0 atom stereocenters. The van der Waals surface area contributed by atoms with Gasteiger partial charge in [-0.25, -0.2) is 0 Å². The van der Waals surface area contributed by atoms with E-state index in [1.807, 2.05) is 17.8 Å². The molecular weight excluding hydrogens is 270 g/mol. The fourth-order valence-corrected chi connectivity index (χ4v) is 3.79. The van der Waals surface area contributed by atoms with Crippen LogP contribution in [0.3, 0.4) is 0 Å². The summed E-state index contributed by atoms with van der Waals surface area (Å²) in [5, 5.41) is 8.96. The maximum Gasteiger partial charge on any atom is 0.100 e. The molecule has 0 bridgehead atoms. The molecule has 1 heterocycles. The fourth-order valence-electron chi connectivity index (χ4n) is 1.84. The van der Waals surface area contributed by atoms with Gasteiger partial charge in [-0.2, -0.15) is 5.26 Å². The lowest BCUT2D eigenvalue weighted by Gasteiger charge is -2.32. The van der Waals surface area contributed by atoms with Gasteiger partial charge in [-0.3, -0.25) is 0 Å². The second-order valence-corrected chi connectivity index (χ2v) is 6.41. The van der Waals surface area contributed by atoms with Gasteiger partial charge in [-0.05, 0) is 51.2 Å². The Morgan fingerprint density at radius 1 is 1.47 bits per heavy atom. The number of benzene rings is 1. The molecule has 0 aromatic heterocycles. The maximum absolute atomic E-state index is 8.96. The highest BCUT2D eigenvalue weighted by Crippen LogP contribution is 2.43. The van der Waals surface area contributed by atoms with Crippen LogP contribution in [-0.2, 0) is 5.41 Å². The van der Waals surface area contributed by atoms with Crippen LogP contribution in [0.5, 0.6) is 0 Å². The number of nitriles is 1. The molecule has 78 valence electrons. The molecule has 2 rings (SSSR count). The van der Waals surface area contributed by atoms with Crippen LogP contribution in [0.4, 0.5) is 0 Å². The van der Waals surface area contributed by atoms with Crippen LogP contribution in [0.15, 0.2) is 21.5 Å². The first-order valence-corrected chi connectivity index (χ1v) is 6.69. The molecule has 0 fully saturated rings. The predicted octanol–water partition coefficient (Wildman–Crippen LogP) is 4.09. The van der Waals surface area contributed by atoms with Crippen LogP contribution in [-0.4, -0.2) is 5.75 Å². The molecule has 0 amide bonds. The standard InChI is InChI=1S/C12H12BrNS/c1-12(2)3-4-15-11-5-8(7-14)10(13)6-9(11)12/h5-6H,3-4H2,1-2H3. The Labute approximate surface area is 103 Å². The molecule has 0 spiro atoms. The van der Waals surface area contributed by atoms with E-state index in [2.05, 4.69) is 41.9 Å². The van der Waals surface area contributed by atoms with Gasteiger partial charge in [0.1, 0.15) is 6.07 Å². The topological polar surface area (TPSA) is 23.8 Å². The Hall–Kier alpha value is -0.460. The van der Waals surface area contributed by atoms with E-state index >= 15 is 0 Å². The molecule has 0 saturated carbocycles. The van der Waals surface area contributed by atoms with Gasteiger partial charge in [0.05, 0.1) is 5.56 Å². The van der Waals surface area contributed by atoms with Crippen molar-refractivity contribution < 1.29 is 0 Å². The Morgan fingerprint density at radius 2 is 2.20 bits per heavy atom. The van der Waals surface area contributed by atoms with Gasteiger partial charge in [0.2, 0.25) is 0 Å². The number of hydrogen-bond acceptors (Lipinski definition) is 2. The lowest BCUT2D eigenvalue weighted by Crippen LogP contribution is -2.22. The van der Waals surface area contributed by atoms with Crippen LogP contribution in [0, 0.1) is 11.3 Å². The molecule has 0 aliphatic carbocycles. The summed E-state index contributed by atoms with van der Waals surface area (Å²) in [4.78, 5) is 1.27. The van der Waals surface area contributed by atoms with Gasteiger partial charge < -0.3 is 0 Å². The molecule has 0 saturated heterocycles. The van der Waals surface area contributed by atoms with Crippen molar-refractivity contribution in [1.82, 2.24) is 0 Å². The molecule has 1 aliphatic heterocycles. The number of fused-ring (bicyclic) bond motifs is 1. The van der Waals surface area contributed by atoms with Crippen molar-refractivity contribution in [2.45, 2.75) is 30.6 Å². The van der Waals surface area contributed by atoms with E-state index in [0.29, 0.717) is 0 Å². The van der Waals surface area contributed by atoms with Gasteiger partial charge in [0, 0.05) is 9.37 Å². The normalized spacial score (nSPS) is 18.0. The zero-order valence-corrected chi connectivity index (χ0v) is 11.2. The minimum Gasteiger partial charge on any atom is -0.192 e. The van der Waals surface area contributed by atoms with Gasteiger partial charge in [-0.1, -0.05) is 13.8 Å². The smallest absolute Gasteiger partial charge is 0.100 e. The summed E-state index contributed by atoms with van der Waals surface area (Å²) in [6.45, 7) is 4.54. The van der Waals surface area contributed by atoms with Gasteiger partial charge in [0.25, 0.3) is 0 Å². The van der Waals surface area contributed by atoms with Gasteiger partial charge in [-0.15, -0.1) is 11.8 Å². The molecule has 1 aromatic rings. The van der Waals surface area contributed by atoms with Gasteiger partial charge >= 0.3 is 0 Å². The second kappa shape index (κ2) is 3.84. The first-order chi connectivity index (χ1) is 7.04. The van der Waals surface area contributed by atoms with E-state index in [0.717, 1.165) is 15.8 Å². The highest BCUT2D eigenvalue weighted by molar-refractivity contribution is 9.10. The third-order valence-corrected chi connectivity index (χ3v) is 4.62. The Bertz CT molecular complexity index is 446. The summed E-state index contributed by atoms with van der Waals surface area (Å²) in [5.41, 5.74) is 2.33. The summed E-state index contributed by atoms with van der Waals surface area (Å²) >= 11 is 5.31. The van der Waals surface area contributed by atoms with Crippen LogP contribution >= 0.6 is 27.7 Å². The summed E-state index contributed by atoms with van der Waals surface area (Å²) in [7, 11) is 0. The number of thioether (sulfide) groups is 1. The van der Waals surface area contributed by atoms with Crippen LogP contribution in [0.2, 0.25) is 0 Å². The van der Waals surface area contributed by atoms with E-state index in [-0.39, 0.29) is 5.41 Å². The van der Waals surface area contributed by atoms with E-state index in [9.17, 15) is 0 Å². The first-order valence-electron chi connectivity index (χ1n) is 4.91. The molecule has 0 radical (unpaired) electrons. The number of halogens is 1. The van der Waals surface area contributed by atoms with Crippen LogP contribution < -0.4 is 0 Å². The third kappa shape index (κ3) is 1.93. The van der Waals surface area contributed by atoms with Crippen molar-refractivity contribution in [3.8, 4) is 6.07 Å². The lowest BCUT2D eigenvalue weighted by molar-refractivity contribution is 0.493. The van der Waals surface area contributed by atoms with E-state index in [1.165, 1.54) is 16.9 Å². The quantitative estimate of drug-likeness (QED) is 0.715. The molecule has 0 N–H and O–H groups in total. The highest BCUT2D eigenvalue weighted by Gasteiger charge is 2.28. The average Bonchev–Trinajstić information content (AvgIpc) is 2.18. The predicted molar refractivity (Wildman–Crippen MR) is 67.2 cm³/mol. The van der Waals surface area contributed by atoms with Crippen LogP contribution in [0.1, 0.15) is 31.4 Å². The Kier molecular flexibility index (Phi) is 2.83. The maximum atomic E-state index is 8.96. The van der Waals surface area contributed by atoms with E-state index in [1.54, 1.807) is 0 Å². The van der Waals surface area contributed by atoms with E-state index in [4.69, 9.17) is 5.26 Å². The third-order valence-electron chi connectivity index (χ3n) is 2.90. The van der Waals surface area contributed by atoms with Crippen molar-refractivity contribution >= 4 is 27.7 Å². The Balaban J connectivity index is 2.61. The number of nitrogens with zero attached hydrogens (tertiary/aromatic N) is 1. The zero-order valence-electron chi connectivity index (χ0n) is 8.80. The molecule has 1 nitrogen and oxygen atoms in total. The molecule has 15 heavy (non-hydrogen) atoms. The van der Waals surface area contributed by atoms with Crippen molar-refractivity contribution in [3.63, 3.8) is 0 Å². The van der Waals surface area contributed by atoms with E-state index < -0.39 is 0 Å².